The average molecular weight is 469 g/mol. The van der Waals surface area contributed by atoms with Crippen molar-refractivity contribution < 1.29 is 9.53 Å². The Kier molecular flexibility index (Phi) is 11.8. The predicted molar refractivity (Wildman–Crippen MR) is 144 cm³/mol. The summed E-state index contributed by atoms with van der Waals surface area (Å²) >= 11 is 0. The quantitative estimate of drug-likeness (QED) is 0.238. The molecule has 1 aliphatic heterocycles. The lowest BCUT2D eigenvalue weighted by Gasteiger charge is -2.25. The van der Waals surface area contributed by atoms with E-state index >= 15 is 0 Å². The molecule has 0 spiro atoms. The van der Waals surface area contributed by atoms with Crippen molar-refractivity contribution >= 4 is 16.8 Å². The smallest absolute Gasteiger partial charge is 0.222 e. The number of H-pyrrole nitrogens is 1. The highest BCUT2D eigenvalue weighted by Gasteiger charge is 2.29. The number of fused-ring (bicyclic) bond motifs is 1. The summed E-state index contributed by atoms with van der Waals surface area (Å²) in [6.45, 7) is 3.21. The summed E-state index contributed by atoms with van der Waals surface area (Å²) in [6, 6.07) is 6.50. The van der Waals surface area contributed by atoms with E-state index in [4.69, 9.17) is 4.74 Å². The number of nitrogens with one attached hydrogen (secondary N) is 1. The van der Waals surface area contributed by atoms with Crippen LogP contribution < -0.4 is 4.74 Å². The summed E-state index contributed by atoms with van der Waals surface area (Å²) in [5.74, 6) is 1.25. The summed E-state index contributed by atoms with van der Waals surface area (Å²) in [4.78, 5) is 18.5. The third-order valence-corrected chi connectivity index (χ3v) is 7.62. The fraction of sp³-hybridized carbons (Fsp3) is 0.700. The van der Waals surface area contributed by atoms with Crippen LogP contribution in [0.3, 0.4) is 0 Å². The molecule has 0 saturated carbocycles. The summed E-state index contributed by atoms with van der Waals surface area (Å²) in [5.41, 5.74) is 2.43. The highest BCUT2D eigenvalue weighted by atomic mass is 16.5. The molecule has 4 nitrogen and oxygen atoms in total. The van der Waals surface area contributed by atoms with E-state index in [1.54, 1.807) is 7.11 Å². The Bertz CT molecular complexity index is 843. The molecule has 4 heteroatoms. The lowest BCUT2D eigenvalue weighted by atomic mass is 10.0. The minimum Gasteiger partial charge on any atom is -0.497 e. The van der Waals surface area contributed by atoms with Crippen LogP contribution in [-0.2, 0) is 11.2 Å². The van der Waals surface area contributed by atoms with Crippen LogP contribution in [-0.4, -0.2) is 35.5 Å². The standard InChI is InChI=1S/C30H48N2O2/c1-3-4-5-6-7-8-9-10-11-12-13-14-15-18-30(33)32-21-16-17-26(32)22-25-24-31-29-20-19-27(34-2)23-28(25)29/h19-20,23-24,26,31H,3-18,21-22H2,1-2H3/t26-/m1/s1. The molecule has 1 aliphatic rings. The van der Waals surface area contributed by atoms with E-state index in [2.05, 4.69) is 35.1 Å². The first-order chi connectivity index (χ1) is 16.7. The van der Waals surface area contributed by atoms with Crippen LogP contribution in [0, 0.1) is 0 Å². The van der Waals surface area contributed by atoms with E-state index in [0.717, 1.165) is 49.9 Å². The first kappa shape index (κ1) is 26.6. The number of benzene rings is 1. The Morgan fingerprint density at radius 1 is 0.971 bits per heavy atom. The van der Waals surface area contributed by atoms with Gasteiger partial charge < -0.3 is 14.6 Å². The van der Waals surface area contributed by atoms with Gasteiger partial charge in [-0.2, -0.15) is 0 Å². The molecule has 1 saturated heterocycles. The van der Waals surface area contributed by atoms with Gasteiger partial charge in [-0.3, -0.25) is 4.79 Å². The maximum absolute atomic E-state index is 12.9. The van der Waals surface area contributed by atoms with Crippen LogP contribution in [0.15, 0.2) is 24.4 Å². The van der Waals surface area contributed by atoms with Gasteiger partial charge in [-0.25, -0.2) is 0 Å². The topological polar surface area (TPSA) is 45.3 Å². The SMILES string of the molecule is CCCCCCCCCCCCCCCC(=O)N1CCC[C@@H]1Cc1c[nH]c2ccc(OC)cc12. The lowest BCUT2D eigenvalue weighted by Crippen LogP contribution is -2.36. The highest BCUT2D eigenvalue weighted by molar-refractivity contribution is 5.85. The second-order valence-electron chi connectivity index (χ2n) is 10.3. The molecule has 1 N–H and O–H groups in total. The van der Waals surface area contributed by atoms with E-state index in [-0.39, 0.29) is 0 Å². The molecule has 190 valence electrons. The first-order valence-corrected chi connectivity index (χ1v) is 14.2. The average Bonchev–Trinajstić information content (AvgIpc) is 3.49. The third-order valence-electron chi connectivity index (χ3n) is 7.62. The van der Waals surface area contributed by atoms with Gasteiger partial charge in [-0.05, 0) is 49.4 Å². The minimum absolute atomic E-state index is 0.333. The largest absolute Gasteiger partial charge is 0.497 e. The number of ether oxygens (including phenoxy) is 1. The number of nitrogens with zero attached hydrogens (tertiary/aromatic N) is 1. The molecule has 0 bridgehead atoms. The van der Waals surface area contributed by atoms with Crippen LogP contribution in [0.5, 0.6) is 5.75 Å². The van der Waals surface area contributed by atoms with Crippen LogP contribution >= 0.6 is 0 Å². The van der Waals surface area contributed by atoms with Crippen molar-refractivity contribution in [3.05, 3.63) is 30.0 Å². The summed E-state index contributed by atoms with van der Waals surface area (Å²) < 4.78 is 5.41. The maximum atomic E-state index is 12.9. The van der Waals surface area contributed by atoms with Crippen LogP contribution in [0.1, 0.15) is 115 Å². The number of methoxy groups -OCH3 is 1. The van der Waals surface area contributed by atoms with Crippen LogP contribution in [0.2, 0.25) is 0 Å². The van der Waals surface area contributed by atoms with Crippen molar-refractivity contribution in [1.82, 2.24) is 9.88 Å². The van der Waals surface area contributed by atoms with Gasteiger partial charge in [0.2, 0.25) is 5.91 Å². The van der Waals surface area contributed by atoms with Gasteiger partial charge in [0.25, 0.3) is 0 Å². The number of carbonyl (C=O) groups is 1. The predicted octanol–water partition coefficient (Wildman–Crippen LogP) is 8.19. The number of aromatic amines is 1. The van der Waals surface area contributed by atoms with Crippen molar-refractivity contribution in [3.8, 4) is 5.75 Å². The van der Waals surface area contributed by atoms with E-state index in [1.165, 1.54) is 88.0 Å². The summed E-state index contributed by atoms with van der Waals surface area (Å²) in [6.07, 6.45) is 23.5. The van der Waals surface area contributed by atoms with E-state index in [0.29, 0.717) is 11.9 Å². The van der Waals surface area contributed by atoms with E-state index < -0.39 is 0 Å². The Balaban J connectivity index is 1.29. The van der Waals surface area contributed by atoms with Gasteiger partial charge in [-0.1, -0.05) is 84.0 Å². The van der Waals surface area contributed by atoms with E-state index in [1.807, 2.05) is 6.07 Å². The van der Waals surface area contributed by atoms with Crippen molar-refractivity contribution in [2.45, 2.75) is 122 Å². The molecule has 1 atom stereocenters. The van der Waals surface area contributed by atoms with Gasteiger partial charge in [0.15, 0.2) is 0 Å². The maximum Gasteiger partial charge on any atom is 0.222 e. The molecule has 0 radical (unpaired) electrons. The molecular formula is C30H48N2O2. The van der Waals surface area contributed by atoms with Gasteiger partial charge in [0.1, 0.15) is 5.75 Å². The number of rotatable bonds is 17. The van der Waals surface area contributed by atoms with Crippen molar-refractivity contribution in [3.63, 3.8) is 0 Å². The number of amides is 1. The molecule has 0 unspecified atom stereocenters. The highest BCUT2D eigenvalue weighted by Crippen LogP contribution is 2.28. The lowest BCUT2D eigenvalue weighted by molar-refractivity contribution is -0.132. The number of likely N-dealkylation sites (tertiary alicyclic amines) is 1. The minimum atomic E-state index is 0.333. The van der Waals surface area contributed by atoms with Gasteiger partial charge in [0, 0.05) is 36.1 Å². The Labute approximate surface area is 207 Å². The zero-order valence-corrected chi connectivity index (χ0v) is 21.9. The monoisotopic (exact) mass is 468 g/mol. The second kappa shape index (κ2) is 15.1. The van der Waals surface area contributed by atoms with Gasteiger partial charge >= 0.3 is 0 Å². The van der Waals surface area contributed by atoms with Crippen LogP contribution in [0.4, 0.5) is 0 Å². The molecule has 0 aliphatic carbocycles. The number of unbranched alkanes of at least 4 members (excludes halogenated alkanes) is 12. The summed E-state index contributed by atoms with van der Waals surface area (Å²) in [7, 11) is 1.71. The summed E-state index contributed by atoms with van der Waals surface area (Å²) in [5, 5.41) is 1.22. The van der Waals surface area contributed by atoms with Crippen molar-refractivity contribution in [1.29, 1.82) is 0 Å². The zero-order chi connectivity index (χ0) is 24.0. The van der Waals surface area contributed by atoms with Gasteiger partial charge in [0.05, 0.1) is 7.11 Å². The zero-order valence-electron chi connectivity index (χ0n) is 21.9. The van der Waals surface area contributed by atoms with Crippen molar-refractivity contribution in [2.75, 3.05) is 13.7 Å². The Morgan fingerprint density at radius 3 is 2.26 bits per heavy atom. The number of hydrogen-bond donors (Lipinski definition) is 1. The fourth-order valence-electron chi connectivity index (χ4n) is 5.52. The van der Waals surface area contributed by atoms with Gasteiger partial charge in [-0.15, -0.1) is 0 Å². The van der Waals surface area contributed by atoms with Crippen molar-refractivity contribution in [2.24, 2.45) is 0 Å². The molecule has 34 heavy (non-hydrogen) atoms. The van der Waals surface area contributed by atoms with Crippen LogP contribution in [0.25, 0.3) is 10.9 Å². The molecule has 3 rings (SSSR count). The molecule has 1 amide bonds. The first-order valence-electron chi connectivity index (χ1n) is 14.2. The fourth-order valence-corrected chi connectivity index (χ4v) is 5.52. The molecule has 2 heterocycles. The normalized spacial score (nSPS) is 15.9. The second-order valence-corrected chi connectivity index (χ2v) is 10.3. The number of carbonyl (C=O) groups excluding carboxylic acids is 1. The molecule has 1 fully saturated rings. The molecule has 2 aromatic rings. The Morgan fingerprint density at radius 2 is 1.62 bits per heavy atom. The third kappa shape index (κ3) is 8.36. The van der Waals surface area contributed by atoms with E-state index in [9.17, 15) is 4.79 Å². The number of hydrogen-bond acceptors (Lipinski definition) is 2. The molecule has 1 aromatic heterocycles. The molecular weight excluding hydrogens is 420 g/mol. The number of aromatic nitrogens is 1. The molecule has 1 aromatic carbocycles. The Hall–Kier alpha value is -1.97.